The maximum absolute atomic E-state index is 11.3. The number of carboxylic acid groups (broad SMARTS) is 1. The van der Waals surface area contributed by atoms with E-state index in [-0.39, 0.29) is 11.3 Å². The number of carbonyl (C=O) groups excluding carboxylic acids is 1. The number of rotatable bonds is 5. The highest BCUT2D eigenvalue weighted by atomic mass is 16.4. The highest BCUT2D eigenvalue weighted by Crippen LogP contribution is 2.19. The smallest absolute Gasteiger partial charge is 0.352 e. The zero-order valence-electron chi connectivity index (χ0n) is 10.8. The molecule has 20 heavy (non-hydrogen) atoms. The van der Waals surface area contributed by atoms with Crippen LogP contribution in [0.1, 0.15) is 5.56 Å². The van der Waals surface area contributed by atoms with E-state index in [1.807, 2.05) is 6.07 Å². The van der Waals surface area contributed by atoms with Gasteiger partial charge in [0, 0.05) is 18.3 Å². The van der Waals surface area contributed by atoms with E-state index in [0.29, 0.717) is 11.3 Å². The Hall–Kier alpha value is -3.07. The molecule has 0 aliphatic heterocycles. The van der Waals surface area contributed by atoms with Crippen molar-refractivity contribution in [3.8, 4) is 6.07 Å². The van der Waals surface area contributed by atoms with Gasteiger partial charge in [-0.05, 0) is 24.3 Å². The first-order chi connectivity index (χ1) is 9.36. The second-order valence-electron chi connectivity index (χ2n) is 3.95. The average molecular weight is 271 g/mol. The molecule has 0 unspecified atom stereocenters. The van der Waals surface area contributed by atoms with Gasteiger partial charge < -0.3 is 15.7 Å². The Kier molecular flexibility index (Phi) is 4.65. The number of carbonyl (C=O) groups is 2. The lowest BCUT2D eigenvalue weighted by atomic mass is 10.1. The molecular formula is C14H13N3O3. The lowest BCUT2D eigenvalue weighted by molar-refractivity contribution is -0.132. The van der Waals surface area contributed by atoms with Crippen molar-refractivity contribution in [2.24, 2.45) is 5.73 Å². The van der Waals surface area contributed by atoms with Crippen LogP contribution < -0.4 is 10.6 Å². The molecule has 3 N–H and O–H groups in total. The van der Waals surface area contributed by atoms with Gasteiger partial charge in [-0.1, -0.05) is 12.6 Å². The number of hydrogen-bond donors (Lipinski definition) is 2. The van der Waals surface area contributed by atoms with Gasteiger partial charge >= 0.3 is 5.97 Å². The van der Waals surface area contributed by atoms with Gasteiger partial charge in [-0.3, -0.25) is 4.79 Å². The van der Waals surface area contributed by atoms with E-state index >= 15 is 0 Å². The maximum Gasteiger partial charge on any atom is 0.352 e. The molecule has 1 rings (SSSR count). The van der Waals surface area contributed by atoms with Crippen molar-refractivity contribution >= 4 is 17.6 Å². The Bertz CT molecular complexity index is 641. The van der Waals surface area contributed by atoms with Crippen LogP contribution in [0.4, 0.5) is 5.69 Å². The maximum atomic E-state index is 11.3. The number of amides is 1. The van der Waals surface area contributed by atoms with Crippen LogP contribution in [0.2, 0.25) is 0 Å². The number of likely N-dealkylation sites (N-methyl/N-ethyl adjacent to an activating group) is 1. The molecule has 0 aliphatic carbocycles. The van der Waals surface area contributed by atoms with E-state index < -0.39 is 11.9 Å². The molecule has 0 saturated carbocycles. The van der Waals surface area contributed by atoms with Crippen molar-refractivity contribution in [1.82, 2.24) is 0 Å². The van der Waals surface area contributed by atoms with Gasteiger partial charge in [-0.2, -0.15) is 5.26 Å². The Morgan fingerprint density at radius 3 is 2.65 bits per heavy atom. The highest BCUT2D eigenvalue weighted by molar-refractivity contribution is 5.98. The van der Waals surface area contributed by atoms with E-state index in [4.69, 9.17) is 11.0 Å². The summed E-state index contributed by atoms with van der Waals surface area (Å²) in [6, 6.07) is 8.37. The zero-order valence-corrected chi connectivity index (χ0v) is 10.8. The van der Waals surface area contributed by atoms with E-state index in [0.717, 1.165) is 6.08 Å². The normalized spacial score (nSPS) is 10.5. The topological polar surface area (TPSA) is 107 Å². The van der Waals surface area contributed by atoms with E-state index in [2.05, 4.69) is 6.58 Å². The van der Waals surface area contributed by atoms with Gasteiger partial charge in [0.15, 0.2) is 0 Å². The summed E-state index contributed by atoms with van der Waals surface area (Å²) in [7, 11) is 1.50. The van der Waals surface area contributed by atoms with Gasteiger partial charge in [0.05, 0.1) is 11.6 Å². The Morgan fingerprint density at radius 2 is 2.15 bits per heavy atom. The second-order valence-corrected chi connectivity index (χ2v) is 3.95. The number of nitrogens with zero attached hydrogens (tertiary/aromatic N) is 2. The number of aliphatic carboxylic acids is 1. The van der Waals surface area contributed by atoms with E-state index in [1.165, 1.54) is 18.0 Å². The number of carboxylic acids is 1. The molecule has 0 heterocycles. The third-order valence-corrected chi connectivity index (χ3v) is 2.57. The molecule has 1 aromatic rings. The van der Waals surface area contributed by atoms with Gasteiger partial charge in [0.2, 0.25) is 5.91 Å². The minimum absolute atomic E-state index is 0.120. The van der Waals surface area contributed by atoms with Gasteiger partial charge in [-0.15, -0.1) is 0 Å². The van der Waals surface area contributed by atoms with Crippen molar-refractivity contribution in [2.75, 3.05) is 11.9 Å². The van der Waals surface area contributed by atoms with Crippen molar-refractivity contribution in [3.05, 3.63) is 53.8 Å². The summed E-state index contributed by atoms with van der Waals surface area (Å²) in [4.78, 5) is 23.5. The van der Waals surface area contributed by atoms with Crippen LogP contribution in [-0.2, 0) is 9.59 Å². The summed E-state index contributed by atoms with van der Waals surface area (Å²) in [5, 5.41) is 18.0. The van der Waals surface area contributed by atoms with Crippen molar-refractivity contribution in [3.63, 3.8) is 0 Å². The highest BCUT2D eigenvalue weighted by Gasteiger charge is 2.16. The molecular weight excluding hydrogens is 258 g/mol. The van der Waals surface area contributed by atoms with Crippen LogP contribution in [0, 0.1) is 11.3 Å². The first-order valence-corrected chi connectivity index (χ1v) is 5.54. The summed E-state index contributed by atoms with van der Waals surface area (Å²) in [5.41, 5.74) is 5.63. The van der Waals surface area contributed by atoms with Crippen LogP contribution in [0.3, 0.4) is 0 Å². The van der Waals surface area contributed by atoms with E-state index in [9.17, 15) is 14.7 Å². The molecule has 0 radical (unpaired) electrons. The number of nitriles is 1. The summed E-state index contributed by atoms with van der Waals surface area (Å²) in [6.45, 7) is 3.39. The average Bonchev–Trinajstić information content (AvgIpc) is 2.43. The molecule has 0 atom stereocenters. The fourth-order valence-corrected chi connectivity index (χ4v) is 1.46. The molecule has 1 amide bonds. The molecule has 1 aromatic carbocycles. The van der Waals surface area contributed by atoms with Crippen LogP contribution in [0.5, 0.6) is 0 Å². The zero-order chi connectivity index (χ0) is 15.3. The fourth-order valence-electron chi connectivity index (χ4n) is 1.46. The Balaban J connectivity index is 3.22. The lowest BCUT2D eigenvalue weighted by Crippen LogP contribution is -2.24. The van der Waals surface area contributed by atoms with Crippen molar-refractivity contribution < 1.29 is 14.7 Å². The summed E-state index contributed by atoms with van der Waals surface area (Å²) in [6.07, 6.45) is 1.09. The molecule has 0 aromatic heterocycles. The fraction of sp³-hybridized carbons (Fsp3) is 0.0714. The lowest BCUT2D eigenvalue weighted by Gasteiger charge is -2.20. The minimum atomic E-state index is -1.24. The number of nitrogens with two attached hydrogens (primary N) is 1. The van der Waals surface area contributed by atoms with Gasteiger partial charge in [0.25, 0.3) is 0 Å². The quantitative estimate of drug-likeness (QED) is 0.613. The molecule has 0 bridgehead atoms. The van der Waals surface area contributed by atoms with Crippen LogP contribution in [0.15, 0.2) is 48.2 Å². The Labute approximate surface area is 116 Å². The van der Waals surface area contributed by atoms with E-state index in [1.54, 1.807) is 18.2 Å². The van der Waals surface area contributed by atoms with Crippen LogP contribution in [0.25, 0.3) is 0 Å². The molecule has 6 nitrogen and oxygen atoms in total. The number of anilines is 1. The number of benzene rings is 1. The minimum Gasteiger partial charge on any atom is -0.477 e. The molecule has 6 heteroatoms. The molecule has 0 spiro atoms. The van der Waals surface area contributed by atoms with Crippen LogP contribution >= 0.6 is 0 Å². The first kappa shape index (κ1) is 15.0. The molecule has 0 saturated heterocycles. The van der Waals surface area contributed by atoms with Crippen molar-refractivity contribution in [2.45, 2.75) is 0 Å². The predicted octanol–water partition coefficient (Wildman–Crippen LogP) is 1.00. The van der Waals surface area contributed by atoms with Gasteiger partial charge in [-0.25, -0.2) is 4.79 Å². The standard InChI is InChI=1S/C14H13N3O3/c1-9(13(16)18)6-12(14(19)20)17(2)11-5-3-4-10(7-11)8-15/h3-7H,1H2,2H3,(H2,16,18)(H,19,20)/b12-6-. The predicted molar refractivity (Wildman–Crippen MR) is 73.6 cm³/mol. The number of primary amides is 1. The second kappa shape index (κ2) is 6.20. The summed E-state index contributed by atoms with van der Waals surface area (Å²) in [5.74, 6) is -2.04. The SMILES string of the molecule is C=C(/C=C(/C(=O)O)N(C)c1cccc(C#N)c1)C(N)=O. The summed E-state index contributed by atoms with van der Waals surface area (Å²) >= 11 is 0. The van der Waals surface area contributed by atoms with Crippen molar-refractivity contribution in [1.29, 1.82) is 5.26 Å². The van der Waals surface area contributed by atoms with Gasteiger partial charge in [0.1, 0.15) is 5.70 Å². The molecule has 102 valence electrons. The monoisotopic (exact) mass is 271 g/mol. The molecule has 0 fully saturated rings. The Morgan fingerprint density at radius 1 is 1.50 bits per heavy atom. The molecule has 0 aliphatic rings. The van der Waals surface area contributed by atoms with Crippen LogP contribution in [-0.4, -0.2) is 24.0 Å². The third kappa shape index (κ3) is 3.46. The largest absolute Gasteiger partial charge is 0.477 e. The summed E-state index contributed by atoms with van der Waals surface area (Å²) < 4.78 is 0. The first-order valence-electron chi connectivity index (χ1n) is 5.54. The number of hydrogen-bond acceptors (Lipinski definition) is 4. The third-order valence-electron chi connectivity index (χ3n) is 2.57.